The first-order valence-corrected chi connectivity index (χ1v) is 16.0. The molecule has 6 aromatic rings. The van der Waals surface area contributed by atoms with Crippen LogP contribution in [0.3, 0.4) is 0 Å². The van der Waals surface area contributed by atoms with Gasteiger partial charge in [-0.2, -0.15) is 0 Å². The molecule has 5 aromatic carbocycles. The standard InChI is InChI=1S/C40H37N3O6/c44-35-19-17-33(34-18-20-37(46)42-39(34)35)36(45)25-41-24-27-11-15-29(16-12-27)28-13-9-26(10-14-28)21-22-49-32-8-4-7-31(23-32)38(43-40(47)48)30-5-2-1-3-6-30/h1-20,23,36,38,41,43-45H,21-22,24-25H2,(H,42,46)(H,47,48). The number of nitrogens with one attached hydrogen (secondary N) is 3. The number of phenolic OH excluding ortho intramolecular Hbond substituents is 1. The van der Waals surface area contributed by atoms with Crippen molar-refractivity contribution in [3.8, 4) is 22.6 Å². The van der Waals surface area contributed by atoms with Crippen molar-refractivity contribution >= 4 is 17.0 Å². The Morgan fingerprint density at radius 2 is 1.47 bits per heavy atom. The van der Waals surface area contributed by atoms with E-state index in [1.807, 2.05) is 54.6 Å². The smallest absolute Gasteiger partial charge is 0.405 e. The van der Waals surface area contributed by atoms with Gasteiger partial charge in [-0.1, -0.05) is 97.1 Å². The number of rotatable bonds is 13. The molecule has 0 saturated carbocycles. The monoisotopic (exact) mass is 655 g/mol. The number of phenols is 1. The number of aromatic amines is 1. The van der Waals surface area contributed by atoms with Crippen molar-refractivity contribution in [1.29, 1.82) is 0 Å². The average Bonchev–Trinajstić information content (AvgIpc) is 3.12. The predicted octanol–water partition coefficient (Wildman–Crippen LogP) is 6.70. The quantitative estimate of drug-likeness (QED) is 0.0812. The van der Waals surface area contributed by atoms with E-state index in [0.29, 0.717) is 48.3 Å². The summed E-state index contributed by atoms with van der Waals surface area (Å²) in [6.45, 7) is 1.34. The van der Waals surface area contributed by atoms with Gasteiger partial charge in [0.05, 0.1) is 24.3 Å². The molecule has 0 spiro atoms. The maximum absolute atomic E-state index is 11.7. The summed E-state index contributed by atoms with van der Waals surface area (Å²) in [5, 5.41) is 36.8. The molecule has 0 saturated heterocycles. The summed E-state index contributed by atoms with van der Waals surface area (Å²) < 4.78 is 6.05. The molecule has 1 aromatic heterocycles. The minimum Gasteiger partial charge on any atom is -0.506 e. The third-order valence-corrected chi connectivity index (χ3v) is 8.43. The summed E-state index contributed by atoms with van der Waals surface area (Å²) in [7, 11) is 0. The molecule has 2 atom stereocenters. The van der Waals surface area contributed by atoms with Crippen molar-refractivity contribution in [1.82, 2.24) is 15.6 Å². The van der Waals surface area contributed by atoms with Crippen LogP contribution in [-0.2, 0) is 13.0 Å². The lowest BCUT2D eigenvalue weighted by molar-refractivity contribution is 0.176. The number of fused-ring (bicyclic) bond motifs is 1. The van der Waals surface area contributed by atoms with Gasteiger partial charge in [-0.25, -0.2) is 4.79 Å². The van der Waals surface area contributed by atoms with Crippen LogP contribution >= 0.6 is 0 Å². The van der Waals surface area contributed by atoms with Crippen LogP contribution in [0.25, 0.3) is 22.0 Å². The van der Waals surface area contributed by atoms with E-state index in [1.54, 1.807) is 12.1 Å². The topological polar surface area (TPSA) is 144 Å². The van der Waals surface area contributed by atoms with Crippen molar-refractivity contribution in [3.05, 3.63) is 166 Å². The molecular formula is C40H37N3O6. The van der Waals surface area contributed by atoms with Gasteiger partial charge in [-0.15, -0.1) is 0 Å². The molecule has 248 valence electrons. The zero-order valence-electron chi connectivity index (χ0n) is 26.7. The molecule has 0 fully saturated rings. The van der Waals surface area contributed by atoms with Crippen LogP contribution < -0.4 is 20.9 Å². The van der Waals surface area contributed by atoms with Gasteiger partial charge in [-0.05, 0) is 63.2 Å². The minimum atomic E-state index is -1.09. The third kappa shape index (κ3) is 8.34. The van der Waals surface area contributed by atoms with Crippen LogP contribution in [0.4, 0.5) is 4.79 Å². The van der Waals surface area contributed by atoms with E-state index in [-0.39, 0.29) is 11.3 Å². The van der Waals surface area contributed by atoms with Gasteiger partial charge in [0.1, 0.15) is 11.5 Å². The highest BCUT2D eigenvalue weighted by Gasteiger charge is 2.17. The highest BCUT2D eigenvalue weighted by Crippen LogP contribution is 2.29. The first-order chi connectivity index (χ1) is 23.8. The first kappa shape index (κ1) is 33.0. The summed E-state index contributed by atoms with van der Waals surface area (Å²) in [4.78, 5) is 25.8. The molecule has 0 aliphatic heterocycles. The van der Waals surface area contributed by atoms with Crippen LogP contribution in [0.5, 0.6) is 11.5 Å². The van der Waals surface area contributed by atoms with Gasteiger partial charge in [-0.3, -0.25) is 4.79 Å². The minimum absolute atomic E-state index is 0.0369. The molecule has 0 radical (unpaired) electrons. The Morgan fingerprint density at radius 3 is 2.18 bits per heavy atom. The Morgan fingerprint density at radius 1 is 0.776 bits per heavy atom. The van der Waals surface area contributed by atoms with E-state index in [2.05, 4.69) is 64.1 Å². The maximum atomic E-state index is 11.7. The summed E-state index contributed by atoms with van der Waals surface area (Å²) in [5.41, 5.74) is 6.68. The Balaban J connectivity index is 0.996. The number of hydrogen-bond donors (Lipinski definition) is 6. The van der Waals surface area contributed by atoms with Gasteiger partial charge in [0.15, 0.2) is 0 Å². The number of H-pyrrole nitrogens is 1. The van der Waals surface area contributed by atoms with Crippen molar-refractivity contribution in [2.75, 3.05) is 13.2 Å². The number of aliphatic hydroxyl groups excluding tert-OH is 1. The normalized spacial score (nSPS) is 12.3. The second-order valence-electron chi connectivity index (χ2n) is 11.8. The molecule has 6 rings (SSSR count). The van der Waals surface area contributed by atoms with Gasteiger partial charge in [0.25, 0.3) is 0 Å². The number of ether oxygens (including phenoxy) is 1. The van der Waals surface area contributed by atoms with Gasteiger partial charge in [0, 0.05) is 31.0 Å². The van der Waals surface area contributed by atoms with Gasteiger partial charge in [0.2, 0.25) is 5.56 Å². The van der Waals surface area contributed by atoms with Crippen molar-refractivity contribution in [2.45, 2.75) is 25.1 Å². The molecule has 6 N–H and O–H groups in total. The summed E-state index contributed by atoms with van der Waals surface area (Å²) in [6.07, 6.45) is -1.20. The van der Waals surface area contributed by atoms with Crippen LogP contribution in [0, 0.1) is 0 Å². The average molecular weight is 656 g/mol. The maximum Gasteiger partial charge on any atom is 0.405 e. The SMILES string of the molecule is O=C(O)NC(c1ccccc1)c1cccc(OCCc2ccc(-c3ccc(CNCC(O)c4ccc(O)c5[nH]c(=O)ccc45)cc3)cc2)c1. The number of carboxylic acid groups (broad SMARTS) is 1. The summed E-state index contributed by atoms with van der Waals surface area (Å²) in [6, 6.07) is 39.2. The van der Waals surface area contributed by atoms with Gasteiger partial charge >= 0.3 is 6.09 Å². The highest BCUT2D eigenvalue weighted by molar-refractivity contribution is 5.87. The fraction of sp³-hybridized carbons (Fsp3) is 0.150. The number of aromatic hydroxyl groups is 1. The van der Waals surface area contributed by atoms with Crippen LogP contribution in [0.15, 0.2) is 132 Å². The van der Waals surface area contributed by atoms with E-state index in [4.69, 9.17) is 4.74 Å². The number of aliphatic hydroxyl groups is 1. The molecule has 0 bridgehead atoms. The zero-order valence-corrected chi connectivity index (χ0v) is 26.7. The molecular weight excluding hydrogens is 618 g/mol. The van der Waals surface area contributed by atoms with E-state index < -0.39 is 18.2 Å². The van der Waals surface area contributed by atoms with Crippen molar-refractivity contribution in [2.24, 2.45) is 0 Å². The van der Waals surface area contributed by atoms with E-state index in [9.17, 15) is 24.9 Å². The number of aromatic nitrogens is 1. The van der Waals surface area contributed by atoms with Crippen LogP contribution in [0.1, 0.15) is 40.0 Å². The summed E-state index contributed by atoms with van der Waals surface area (Å²) >= 11 is 0. The molecule has 0 aliphatic rings. The lowest BCUT2D eigenvalue weighted by atomic mass is 9.98. The molecule has 49 heavy (non-hydrogen) atoms. The fourth-order valence-electron chi connectivity index (χ4n) is 5.89. The van der Waals surface area contributed by atoms with Crippen LogP contribution in [0.2, 0.25) is 0 Å². The number of benzene rings is 5. The highest BCUT2D eigenvalue weighted by atomic mass is 16.5. The first-order valence-electron chi connectivity index (χ1n) is 16.0. The molecule has 0 aliphatic carbocycles. The largest absolute Gasteiger partial charge is 0.506 e. The van der Waals surface area contributed by atoms with E-state index in [0.717, 1.165) is 33.4 Å². The number of amides is 1. The zero-order chi connectivity index (χ0) is 34.2. The summed E-state index contributed by atoms with van der Waals surface area (Å²) in [5.74, 6) is 0.642. The Bertz CT molecular complexity index is 2080. The second-order valence-corrected chi connectivity index (χ2v) is 11.8. The number of hydrogen-bond acceptors (Lipinski definition) is 6. The Hall–Kier alpha value is -5.90. The molecule has 9 heteroatoms. The fourth-order valence-corrected chi connectivity index (χ4v) is 5.89. The van der Waals surface area contributed by atoms with Crippen molar-refractivity contribution in [3.63, 3.8) is 0 Å². The number of pyridine rings is 1. The second kappa shape index (κ2) is 15.3. The van der Waals surface area contributed by atoms with Crippen LogP contribution in [-0.4, -0.2) is 39.5 Å². The van der Waals surface area contributed by atoms with E-state index >= 15 is 0 Å². The van der Waals surface area contributed by atoms with Gasteiger partial charge < -0.3 is 35.7 Å². The molecule has 9 nitrogen and oxygen atoms in total. The van der Waals surface area contributed by atoms with E-state index in [1.165, 1.54) is 12.1 Å². The number of carbonyl (C=O) groups is 1. The molecule has 1 heterocycles. The predicted molar refractivity (Wildman–Crippen MR) is 190 cm³/mol. The molecule has 2 unspecified atom stereocenters. The third-order valence-electron chi connectivity index (χ3n) is 8.43. The lowest BCUT2D eigenvalue weighted by Crippen LogP contribution is -2.27. The lowest BCUT2D eigenvalue weighted by Gasteiger charge is -2.19. The Kier molecular flexibility index (Phi) is 10.3. The van der Waals surface area contributed by atoms with Crippen molar-refractivity contribution < 1.29 is 24.9 Å². The Labute approximate surface area is 283 Å². The molecule has 1 amide bonds.